The van der Waals surface area contributed by atoms with Crippen molar-refractivity contribution in [2.75, 3.05) is 5.43 Å². The minimum Gasteiger partial charge on any atom is -0.744 e. The predicted molar refractivity (Wildman–Crippen MR) is 93.0 cm³/mol. The van der Waals surface area contributed by atoms with E-state index in [-0.39, 0.29) is 76.1 Å². The number of rotatable bonds is 4. The van der Waals surface area contributed by atoms with Crippen LogP contribution >= 0.6 is 0 Å². The summed E-state index contributed by atoms with van der Waals surface area (Å²) in [6, 6.07) is 8.42. The molecule has 2 aromatic rings. The van der Waals surface area contributed by atoms with Gasteiger partial charge in [0.2, 0.25) is 5.78 Å². The fourth-order valence-electron chi connectivity index (χ4n) is 2.38. The van der Waals surface area contributed by atoms with Crippen LogP contribution in [0.4, 0.5) is 5.69 Å². The second-order valence-corrected chi connectivity index (χ2v) is 8.21. The molecule has 1 N–H and O–H groups in total. The number of hydrazone groups is 1. The third-order valence-corrected chi connectivity index (χ3v) is 5.30. The molecule has 9 nitrogen and oxygen atoms in total. The van der Waals surface area contributed by atoms with E-state index in [1.807, 2.05) is 0 Å². The van der Waals surface area contributed by atoms with Gasteiger partial charge in [0.15, 0.2) is 0 Å². The number of allylic oxidation sites excluding steroid dienone is 1. The molecular weight excluding hydrogens is 442 g/mol. The SMILES string of the molecule is O=C1C=Cc2cc(S(=O)(=O)[O-])ccc2/C1=N\Nc1cccc(S(=O)(=O)[O-])c1.[Na+].[Na+]. The van der Waals surface area contributed by atoms with E-state index in [9.17, 15) is 30.7 Å². The quantitative estimate of drug-likeness (QED) is 0.274. The normalized spacial score (nSPS) is 14.6. The maximum atomic E-state index is 12.1. The van der Waals surface area contributed by atoms with Gasteiger partial charge in [0, 0.05) is 5.56 Å². The number of nitrogens with one attached hydrogen (secondary N) is 1. The van der Waals surface area contributed by atoms with Crippen molar-refractivity contribution in [3.05, 3.63) is 59.7 Å². The summed E-state index contributed by atoms with van der Waals surface area (Å²) in [5.41, 5.74) is 3.17. The number of anilines is 1. The zero-order valence-corrected chi connectivity index (χ0v) is 21.0. The van der Waals surface area contributed by atoms with Gasteiger partial charge in [0.1, 0.15) is 25.9 Å². The first kappa shape index (κ1) is 26.2. The molecule has 13 heteroatoms. The van der Waals surface area contributed by atoms with E-state index in [1.54, 1.807) is 0 Å². The number of hydrogen-bond acceptors (Lipinski definition) is 9. The van der Waals surface area contributed by atoms with Crippen molar-refractivity contribution < 1.29 is 89.9 Å². The molecule has 0 amide bonds. The molecule has 0 bridgehead atoms. The molecule has 0 unspecified atom stereocenters. The third kappa shape index (κ3) is 6.31. The monoisotopic (exact) mass is 452 g/mol. The Morgan fingerprint density at radius 2 is 1.45 bits per heavy atom. The van der Waals surface area contributed by atoms with Crippen LogP contribution in [0.5, 0.6) is 0 Å². The molecular formula is C16H10N2Na2O7S2. The molecule has 0 heterocycles. The first-order valence-corrected chi connectivity index (χ1v) is 10.1. The van der Waals surface area contributed by atoms with Crippen LogP contribution in [0.25, 0.3) is 6.08 Å². The smallest absolute Gasteiger partial charge is 0.744 e. The second-order valence-electron chi connectivity index (χ2n) is 5.45. The Balaban J connectivity index is 0.00000210. The van der Waals surface area contributed by atoms with E-state index in [0.717, 1.165) is 30.3 Å². The molecule has 1 aliphatic rings. The van der Waals surface area contributed by atoms with Crippen LogP contribution in [0.1, 0.15) is 11.1 Å². The largest absolute Gasteiger partial charge is 1.00 e. The number of carbonyl (C=O) groups excluding carboxylic acids is 1. The average molecular weight is 452 g/mol. The van der Waals surface area contributed by atoms with Crippen LogP contribution in [0.15, 0.2) is 63.4 Å². The van der Waals surface area contributed by atoms with Crippen LogP contribution in [0.3, 0.4) is 0 Å². The van der Waals surface area contributed by atoms with Gasteiger partial charge in [-0.05, 0) is 42.0 Å². The molecule has 29 heavy (non-hydrogen) atoms. The maximum Gasteiger partial charge on any atom is 1.00 e. The van der Waals surface area contributed by atoms with E-state index in [2.05, 4.69) is 10.5 Å². The number of carbonyl (C=O) groups is 1. The number of fused-ring (bicyclic) bond motifs is 1. The molecule has 1 aliphatic carbocycles. The Kier molecular flexibility index (Phi) is 8.99. The topological polar surface area (TPSA) is 156 Å². The second kappa shape index (κ2) is 9.96. The summed E-state index contributed by atoms with van der Waals surface area (Å²) in [4.78, 5) is 11.2. The molecule has 3 rings (SSSR count). The predicted octanol–water partition coefficient (Wildman–Crippen LogP) is -5.09. The summed E-state index contributed by atoms with van der Waals surface area (Å²) in [7, 11) is -9.30. The molecule has 0 fully saturated rings. The van der Waals surface area contributed by atoms with Gasteiger partial charge in [-0.2, -0.15) is 5.10 Å². The summed E-state index contributed by atoms with van der Waals surface area (Å²) in [5, 5.41) is 3.93. The summed E-state index contributed by atoms with van der Waals surface area (Å²) in [5.74, 6) is -0.486. The minimum absolute atomic E-state index is 0. The standard InChI is InChI=1S/C16H12N2O7S2.2Na/c19-15-7-4-10-8-13(27(23,24)25)5-6-14(10)16(15)18-17-11-2-1-3-12(9-11)26(20,21)22;;/h1-9,17H,(H,20,21,22)(H,23,24,25);;/q;2*+1/p-2/b18-16+;;. The van der Waals surface area contributed by atoms with Crippen LogP contribution in [0.2, 0.25) is 0 Å². The molecule has 0 saturated heterocycles. The first-order chi connectivity index (χ1) is 12.6. The van der Waals surface area contributed by atoms with Crippen molar-refractivity contribution in [3.8, 4) is 0 Å². The van der Waals surface area contributed by atoms with E-state index in [0.29, 0.717) is 5.56 Å². The van der Waals surface area contributed by atoms with Crippen LogP contribution in [0, 0.1) is 0 Å². The van der Waals surface area contributed by atoms with Crippen molar-refractivity contribution in [2.45, 2.75) is 9.79 Å². The van der Waals surface area contributed by atoms with Gasteiger partial charge in [-0.1, -0.05) is 18.2 Å². The van der Waals surface area contributed by atoms with Crippen molar-refractivity contribution >= 4 is 43.5 Å². The first-order valence-electron chi connectivity index (χ1n) is 7.28. The maximum absolute atomic E-state index is 12.1. The van der Waals surface area contributed by atoms with Crippen molar-refractivity contribution in [1.29, 1.82) is 0 Å². The Morgan fingerprint density at radius 1 is 0.828 bits per heavy atom. The zero-order chi connectivity index (χ0) is 19.8. The summed E-state index contributed by atoms with van der Waals surface area (Å²) < 4.78 is 66.6. The molecule has 0 radical (unpaired) electrons. The van der Waals surface area contributed by atoms with Gasteiger partial charge >= 0.3 is 59.1 Å². The fourth-order valence-corrected chi connectivity index (χ4v) is 3.41. The van der Waals surface area contributed by atoms with Gasteiger partial charge in [-0.25, -0.2) is 16.8 Å². The van der Waals surface area contributed by atoms with Crippen LogP contribution < -0.4 is 64.5 Å². The molecule has 0 atom stereocenters. The molecule has 0 aliphatic heterocycles. The zero-order valence-electron chi connectivity index (χ0n) is 15.3. The Hall–Kier alpha value is -0.860. The van der Waals surface area contributed by atoms with Gasteiger partial charge in [0.25, 0.3) is 0 Å². The molecule has 0 saturated carbocycles. The summed E-state index contributed by atoms with van der Waals surface area (Å²) in [6.45, 7) is 0. The van der Waals surface area contributed by atoms with E-state index < -0.39 is 35.8 Å². The summed E-state index contributed by atoms with van der Waals surface area (Å²) in [6.07, 6.45) is 2.51. The van der Waals surface area contributed by atoms with Crippen molar-refractivity contribution in [3.63, 3.8) is 0 Å². The number of benzene rings is 2. The number of nitrogens with zero attached hydrogens (tertiary/aromatic N) is 1. The Bertz CT molecular complexity index is 1220. The van der Waals surface area contributed by atoms with Gasteiger partial charge < -0.3 is 9.11 Å². The minimum atomic E-state index is -4.65. The number of hydrogen-bond donors (Lipinski definition) is 1. The van der Waals surface area contributed by atoms with Gasteiger partial charge in [-0.3, -0.25) is 10.2 Å². The fraction of sp³-hybridized carbons (Fsp3) is 0. The Labute approximate surface area is 211 Å². The molecule has 2 aromatic carbocycles. The van der Waals surface area contributed by atoms with Gasteiger partial charge in [-0.15, -0.1) is 0 Å². The third-order valence-electron chi connectivity index (χ3n) is 3.63. The van der Waals surface area contributed by atoms with Crippen molar-refractivity contribution in [2.24, 2.45) is 5.10 Å². The molecule has 140 valence electrons. The van der Waals surface area contributed by atoms with E-state index >= 15 is 0 Å². The molecule has 0 aromatic heterocycles. The number of ketones is 1. The van der Waals surface area contributed by atoms with Crippen molar-refractivity contribution in [1.82, 2.24) is 0 Å². The molecule has 0 spiro atoms. The van der Waals surface area contributed by atoms with E-state index in [1.165, 1.54) is 24.3 Å². The van der Waals surface area contributed by atoms with Crippen LogP contribution in [-0.2, 0) is 25.0 Å². The average Bonchev–Trinajstić information content (AvgIpc) is 2.59. The van der Waals surface area contributed by atoms with E-state index in [4.69, 9.17) is 0 Å². The van der Waals surface area contributed by atoms with Crippen LogP contribution in [-0.4, -0.2) is 37.4 Å². The summed E-state index contributed by atoms with van der Waals surface area (Å²) >= 11 is 0. The Morgan fingerprint density at radius 3 is 2.07 bits per heavy atom. The van der Waals surface area contributed by atoms with Gasteiger partial charge in [0.05, 0.1) is 15.5 Å².